The monoisotopic (exact) mass is 288 g/mol. The zero-order valence-corrected chi connectivity index (χ0v) is 11.9. The Kier molecular flexibility index (Phi) is 5.93. The van der Waals surface area contributed by atoms with Crippen molar-refractivity contribution in [2.75, 3.05) is 13.1 Å². The van der Waals surface area contributed by atoms with E-state index in [-0.39, 0.29) is 24.4 Å². The highest BCUT2D eigenvalue weighted by molar-refractivity contribution is 6.34. The Labute approximate surface area is 119 Å². The molecule has 0 aromatic heterocycles. The van der Waals surface area contributed by atoms with E-state index >= 15 is 0 Å². The van der Waals surface area contributed by atoms with E-state index in [0.29, 0.717) is 10.6 Å². The Hall–Kier alpha value is -0.770. The number of halogens is 2. The van der Waals surface area contributed by atoms with Gasteiger partial charge in [0.25, 0.3) is 5.91 Å². The molecule has 0 bridgehead atoms. The number of amides is 1. The SMILES string of the molecule is Cc1cccc(C(=O)NC2CCNCC2)c1Cl.Cl. The Balaban J connectivity index is 0.00000162. The molecule has 2 rings (SSSR count). The molecule has 3 nitrogen and oxygen atoms in total. The molecule has 0 radical (unpaired) electrons. The number of carbonyl (C=O) groups is 1. The third-order valence-corrected chi connectivity index (χ3v) is 3.61. The Morgan fingerprint density at radius 1 is 1.39 bits per heavy atom. The summed E-state index contributed by atoms with van der Waals surface area (Å²) in [5, 5.41) is 6.87. The van der Waals surface area contributed by atoms with Crippen molar-refractivity contribution < 1.29 is 4.79 Å². The second kappa shape index (κ2) is 6.98. The maximum Gasteiger partial charge on any atom is 0.253 e. The van der Waals surface area contributed by atoms with E-state index < -0.39 is 0 Å². The van der Waals surface area contributed by atoms with Gasteiger partial charge in [-0.25, -0.2) is 0 Å². The molecular formula is C13H18Cl2N2O. The van der Waals surface area contributed by atoms with Crippen LogP contribution in [0.15, 0.2) is 18.2 Å². The molecular weight excluding hydrogens is 271 g/mol. The lowest BCUT2D eigenvalue weighted by Crippen LogP contribution is -2.42. The van der Waals surface area contributed by atoms with Crippen molar-refractivity contribution in [2.45, 2.75) is 25.8 Å². The van der Waals surface area contributed by atoms with Gasteiger partial charge in [0.1, 0.15) is 0 Å². The normalized spacial score (nSPS) is 15.9. The van der Waals surface area contributed by atoms with Gasteiger partial charge in [0, 0.05) is 6.04 Å². The number of hydrogen-bond acceptors (Lipinski definition) is 2. The fourth-order valence-corrected chi connectivity index (χ4v) is 2.26. The van der Waals surface area contributed by atoms with E-state index in [1.807, 2.05) is 19.1 Å². The largest absolute Gasteiger partial charge is 0.349 e. The summed E-state index contributed by atoms with van der Waals surface area (Å²) in [7, 11) is 0. The first-order chi connectivity index (χ1) is 8.18. The van der Waals surface area contributed by atoms with Crippen LogP contribution in [-0.4, -0.2) is 25.0 Å². The van der Waals surface area contributed by atoms with Crippen molar-refractivity contribution in [3.63, 3.8) is 0 Å². The van der Waals surface area contributed by atoms with Gasteiger partial charge in [-0.2, -0.15) is 0 Å². The van der Waals surface area contributed by atoms with Crippen LogP contribution >= 0.6 is 24.0 Å². The third kappa shape index (κ3) is 3.61. The van der Waals surface area contributed by atoms with Gasteiger partial charge >= 0.3 is 0 Å². The van der Waals surface area contributed by atoms with Gasteiger partial charge < -0.3 is 10.6 Å². The molecule has 5 heteroatoms. The zero-order valence-electron chi connectivity index (χ0n) is 10.3. The van der Waals surface area contributed by atoms with Crippen molar-refractivity contribution >= 4 is 29.9 Å². The van der Waals surface area contributed by atoms with Crippen molar-refractivity contribution in [3.05, 3.63) is 34.3 Å². The molecule has 0 unspecified atom stereocenters. The first kappa shape index (κ1) is 15.3. The lowest BCUT2D eigenvalue weighted by molar-refractivity contribution is 0.0929. The highest BCUT2D eigenvalue weighted by atomic mass is 35.5. The maximum absolute atomic E-state index is 12.1. The quantitative estimate of drug-likeness (QED) is 0.878. The topological polar surface area (TPSA) is 41.1 Å². The molecule has 1 aliphatic rings. The van der Waals surface area contributed by atoms with E-state index in [1.165, 1.54) is 0 Å². The number of piperidine rings is 1. The molecule has 100 valence electrons. The minimum atomic E-state index is -0.0643. The summed E-state index contributed by atoms with van der Waals surface area (Å²) in [6, 6.07) is 5.80. The number of hydrogen-bond donors (Lipinski definition) is 2. The second-order valence-electron chi connectivity index (χ2n) is 4.43. The van der Waals surface area contributed by atoms with E-state index in [4.69, 9.17) is 11.6 Å². The standard InChI is InChI=1S/C13H17ClN2O.ClH/c1-9-3-2-4-11(12(9)14)13(17)16-10-5-7-15-8-6-10;/h2-4,10,15H,5-8H2,1H3,(H,16,17);1H. The van der Waals surface area contributed by atoms with E-state index in [9.17, 15) is 4.79 Å². The van der Waals surface area contributed by atoms with Crippen molar-refractivity contribution in [1.82, 2.24) is 10.6 Å². The molecule has 0 aliphatic carbocycles. The molecule has 0 atom stereocenters. The van der Waals surface area contributed by atoms with Crippen LogP contribution in [0.1, 0.15) is 28.8 Å². The maximum atomic E-state index is 12.1. The van der Waals surface area contributed by atoms with Gasteiger partial charge in [-0.15, -0.1) is 12.4 Å². The lowest BCUT2D eigenvalue weighted by Gasteiger charge is -2.23. The van der Waals surface area contributed by atoms with Crippen LogP contribution in [0.2, 0.25) is 5.02 Å². The molecule has 18 heavy (non-hydrogen) atoms. The van der Waals surface area contributed by atoms with E-state index in [2.05, 4.69) is 10.6 Å². The zero-order chi connectivity index (χ0) is 12.3. The minimum absolute atomic E-state index is 0. The lowest BCUT2D eigenvalue weighted by atomic mass is 10.1. The van der Waals surface area contributed by atoms with Crippen LogP contribution in [0.25, 0.3) is 0 Å². The van der Waals surface area contributed by atoms with Crippen LogP contribution in [0.5, 0.6) is 0 Å². The van der Waals surface area contributed by atoms with Crippen LogP contribution in [0, 0.1) is 6.92 Å². The average molecular weight is 289 g/mol. The molecule has 1 aromatic rings. The molecule has 1 fully saturated rings. The number of benzene rings is 1. The Morgan fingerprint density at radius 3 is 2.72 bits per heavy atom. The molecule has 1 aromatic carbocycles. The Bertz CT molecular complexity index is 417. The predicted octanol–water partition coefficient (Wildman–Crippen LogP) is 2.55. The number of nitrogens with one attached hydrogen (secondary N) is 2. The molecule has 0 saturated carbocycles. The third-order valence-electron chi connectivity index (χ3n) is 3.11. The van der Waals surface area contributed by atoms with Gasteiger partial charge in [0.2, 0.25) is 0 Å². The predicted molar refractivity (Wildman–Crippen MR) is 76.8 cm³/mol. The number of rotatable bonds is 2. The van der Waals surface area contributed by atoms with Gasteiger partial charge in [0.15, 0.2) is 0 Å². The fraction of sp³-hybridized carbons (Fsp3) is 0.462. The van der Waals surface area contributed by atoms with Crippen LogP contribution in [0.4, 0.5) is 0 Å². The van der Waals surface area contributed by atoms with E-state index in [0.717, 1.165) is 31.5 Å². The number of aryl methyl sites for hydroxylation is 1. The summed E-state index contributed by atoms with van der Waals surface area (Å²) in [6.07, 6.45) is 1.96. The van der Waals surface area contributed by atoms with Crippen LogP contribution in [-0.2, 0) is 0 Å². The summed E-state index contributed by atoms with van der Waals surface area (Å²) < 4.78 is 0. The molecule has 1 saturated heterocycles. The average Bonchev–Trinajstić information content (AvgIpc) is 2.34. The first-order valence-corrected chi connectivity index (χ1v) is 6.33. The summed E-state index contributed by atoms with van der Waals surface area (Å²) in [4.78, 5) is 12.1. The van der Waals surface area contributed by atoms with E-state index in [1.54, 1.807) is 6.07 Å². The fourth-order valence-electron chi connectivity index (χ4n) is 2.05. The summed E-state index contributed by atoms with van der Waals surface area (Å²) in [6.45, 7) is 3.84. The highest BCUT2D eigenvalue weighted by Crippen LogP contribution is 2.20. The molecule has 1 heterocycles. The number of carbonyl (C=O) groups excluding carboxylic acids is 1. The van der Waals surface area contributed by atoms with Gasteiger partial charge in [-0.1, -0.05) is 23.7 Å². The van der Waals surface area contributed by atoms with Gasteiger partial charge in [-0.05, 0) is 44.5 Å². The summed E-state index contributed by atoms with van der Waals surface area (Å²) in [5.41, 5.74) is 1.51. The molecule has 1 aliphatic heterocycles. The first-order valence-electron chi connectivity index (χ1n) is 5.95. The highest BCUT2D eigenvalue weighted by Gasteiger charge is 2.18. The summed E-state index contributed by atoms with van der Waals surface area (Å²) in [5.74, 6) is -0.0643. The molecule has 2 N–H and O–H groups in total. The van der Waals surface area contributed by atoms with Crippen LogP contribution < -0.4 is 10.6 Å². The van der Waals surface area contributed by atoms with Crippen molar-refractivity contribution in [3.8, 4) is 0 Å². The summed E-state index contributed by atoms with van der Waals surface area (Å²) >= 11 is 6.13. The minimum Gasteiger partial charge on any atom is -0.349 e. The van der Waals surface area contributed by atoms with Crippen molar-refractivity contribution in [2.24, 2.45) is 0 Å². The Morgan fingerprint density at radius 2 is 2.06 bits per heavy atom. The molecule has 0 spiro atoms. The van der Waals surface area contributed by atoms with Crippen LogP contribution in [0.3, 0.4) is 0 Å². The van der Waals surface area contributed by atoms with Gasteiger partial charge in [0.05, 0.1) is 10.6 Å². The van der Waals surface area contributed by atoms with Gasteiger partial charge in [-0.3, -0.25) is 4.79 Å². The smallest absolute Gasteiger partial charge is 0.253 e. The second-order valence-corrected chi connectivity index (χ2v) is 4.81. The van der Waals surface area contributed by atoms with Crippen molar-refractivity contribution in [1.29, 1.82) is 0 Å². The molecule has 1 amide bonds.